The maximum Gasteiger partial charge on any atom is 0.316 e. The third-order valence-electron chi connectivity index (χ3n) is 6.03. The van der Waals surface area contributed by atoms with E-state index < -0.39 is 17.9 Å². The molecule has 0 unspecified atom stereocenters. The Labute approximate surface area is 187 Å². The van der Waals surface area contributed by atoms with Crippen molar-refractivity contribution in [2.45, 2.75) is 19.4 Å². The van der Waals surface area contributed by atoms with Gasteiger partial charge >= 0.3 is 5.97 Å². The first kappa shape index (κ1) is 19.9. The van der Waals surface area contributed by atoms with Gasteiger partial charge in [0.1, 0.15) is 5.92 Å². The SMILES string of the molecule is COC(=O)[C@H]1C(=O)C2=C(C[C@@H]1C)Nc1ccccc1N[C@H]2c1cc2c(cc1Br)OCO2. The largest absolute Gasteiger partial charge is 0.468 e. The lowest BCUT2D eigenvalue weighted by Crippen LogP contribution is -2.39. The van der Waals surface area contributed by atoms with E-state index in [1.165, 1.54) is 7.11 Å². The Morgan fingerprint density at radius 3 is 2.61 bits per heavy atom. The van der Waals surface area contributed by atoms with Gasteiger partial charge in [0, 0.05) is 15.7 Å². The smallest absolute Gasteiger partial charge is 0.316 e. The Balaban J connectivity index is 1.69. The molecule has 3 atom stereocenters. The second kappa shape index (κ2) is 7.60. The third-order valence-corrected chi connectivity index (χ3v) is 6.71. The minimum atomic E-state index is -0.844. The number of carbonyl (C=O) groups excluding carboxylic acids is 2. The summed E-state index contributed by atoms with van der Waals surface area (Å²) in [6.07, 6.45) is 0.551. The molecule has 31 heavy (non-hydrogen) atoms. The highest BCUT2D eigenvalue weighted by molar-refractivity contribution is 9.10. The van der Waals surface area contributed by atoms with Crippen LogP contribution in [-0.2, 0) is 14.3 Å². The van der Waals surface area contributed by atoms with E-state index in [2.05, 4.69) is 26.6 Å². The first-order chi connectivity index (χ1) is 15.0. The number of nitrogens with one attached hydrogen (secondary N) is 2. The number of Topliss-reactive ketones (excluding diaryl/α,β-unsaturated/α-hetero) is 1. The van der Waals surface area contributed by atoms with Gasteiger partial charge in [-0.05, 0) is 42.2 Å². The third kappa shape index (κ3) is 3.26. The second-order valence-electron chi connectivity index (χ2n) is 7.91. The van der Waals surface area contributed by atoms with Crippen molar-refractivity contribution < 1.29 is 23.8 Å². The molecule has 0 saturated carbocycles. The van der Waals surface area contributed by atoms with E-state index in [1.807, 2.05) is 43.3 Å². The highest BCUT2D eigenvalue weighted by Gasteiger charge is 2.44. The van der Waals surface area contributed by atoms with E-state index in [0.29, 0.717) is 23.5 Å². The first-order valence-electron chi connectivity index (χ1n) is 10.0. The molecule has 0 radical (unpaired) electrons. The van der Waals surface area contributed by atoms with Gasteiger partial charge in [-0.1, -0.05) is 35.0 Å². The lowest BCUT2D eigenvalue weighted by atomic mass is 9.75. The molecule has 1 aliphatic carbocycles. The fourth-order valence-corrected chi connectivity index (χ4v) is 5.07. The van der Waals surface area contributed by atoms with Crippen molar-refractivity contribution in [1.29, 1.82) is 0 Å². The van der Waals surface area contributed by atoms with Gasteiger partial charge in [-0.3, -0.25) is 9.59 Å². The zero-order valence-electron chi connectivity index (χ0n) is 17.0. The van der Waals surface area contributed by atoms with Gasteiger partial charge in [-0.25, -0.2) is 0 Å². The Hall–Kier alpha value is -3.00. The van der Waals surface area contributed by atoms with Crippen LogP contribution in [0.15, 0.2) is 52.1 Å². The average Bonchev–Trinajstić information content (AvgIpc) is 3.13. The van der Waals surface area contributed by atoms with Crippen molar-refractivity contribution in [3.63, 3.8) is 0 Å². The number of carbonyl (C=O) groups is 2. The van der Waals surface area contributed by atoms with Crippen molar-refractivity contribution in [2.75, 3.05) is 24.5 Å². The van der Waals surface area contributed by atoms with Crippen molar-refractivity contribution in [2.24, 2.45) is 11.8 Å². The number of halogens is 1. The van der Waals surface area contributed by atoms with Crippen molar-refractivity contribution >= 4 is 39.1 Å². The van der Waals surface area contributed by atoms with Gasteiger partial charge in [0.05, 0.1) is 24.5 Å². The quantitative estimate of drug-likeness (QED) is 0.482. The van der Waals surface area contributed by atoms with Gasteiger partial charge in [0.2, 0.25) is 6.79 Å². The minimum Gasteiger partial charge on any atom is -0.468 e. The number of rotatable bonds is 2. The standard InChI is InChI=1S/C23H21BrN2O5/c1-11-7-16-20(22(27)19(11)23(28)29-2)21(26-15-6-4-3-5-14(15)25-16)12-8-17-18(9-13(12)24)31-10-30-17/h3-6,8-9,11,19,21,25-26H,7,10H2,1-2H3/t11-,19+,21-/m0/s1. The lowest BCUT2D eigenvalue weighted by molar-refractivity contribution is -0.151. The summed E-state index contributed by atoms with van der Waals surface area (Å²) in [5.74, 6) is -0.500. The molecule has 0 bridgehead atoms. The van der Waals surface area contributed by atoms with Gasteiger partial charge in [-0.15, -0.1) is 0 Å². The number of hydrogen-bond donors (Lipinski definition) is 2. The van der Waals surface area contributed by atoms with E-state index in [-0.39, 0.29) is 18.5 Å². The molecule has 160 valence electrons. The summed E-state index contributed by atoms with van der Waals surface area (Å²) in [5, 5.41) is 6.95. The molecule has 5 rings (SSSR count). The van der Waals surface area contributed by atoms with E-state index in [1.54, 1.807) is 0 Å². The maximum absolute atomic E-state index is 13.7. The van der Waals surface area contributed by atoms with Crippen LogP contribution in [0.3, 0.4) is 0 Å². The van der Waals surface area contributed by atoms with E-state index in [0.717, 1.165) is 27.1 Å². The maximum atomic E-state index is 13.7. The van der Waals surface area contributed by atoms with Gasteiger partial charge in [0.25, 0.3) is 0 Å². The van der Waals surface area contributed by atoms with Crippen LogP contribution in [-0.4, -0.2) is 25.7 Å². The Morgan fingerprint density at radius 1 is 1.16 bits per heavy atom. The number of esters is 1. The number of methoxy groups -OCH3 is 1. The number of hydrogen-bond acceptors (Lipinski definition) is 7. The molecule has 8 heteroatoms. The Kier molecular flexibility index (Phi) is 4.89. The van der Waals surface area contributed by atoms with Crippen molar-refractivity contribution in [3.8, 4) is 11.5 Å². The van der Waals surface area contributed by atoms with Crippen LogP contribution >= 0.6 is 15.9 Å². The number of fused-ring (bicyclic) bond motifs is 2. The molecule has 3 aliphatic rings. The summed E-state index contributed by atoms with van der Waals surface area (Å²) in [7, 11) is 1.32. The number of benzene rings is 2. The van der Waals surface area contributed by atoms with Crippen LogP contribution in [0.25, 0.3) is 0 Å². The molecule has 0 fully saturated rings. The topological polar surface area (TPSA) is 85.9 Å². The molecule has 0 saturated heterocycles. The predicted molar refractivity (Wildman–Crippen MR) is 118 cm³/mol. The van der Waals surface area contributed by atoms with Crippen molar-refractivity contribution in [3.05, 3.63) is 57.7 Å². The molecule has 0 aromatic heterocycles. The zero-order valence-corrected chi connectivity index (χ0v) is 18.6. The molecule has 7 nitrogen and oxygen atoms in total. The molecule has 2 N–H and O–H groups in total. The zero-order chi connectivity index (χ0) is 21.7. The number of para-hydroxylation sites is 2. The Morgan fingerprint density at radius 2 is 1.87 bits per heavy atom. The molecule has 2 aliphatic heterocycles. The number of allylic oxidation sites excluding steroid dienone is 1. The minimum absolute atomic E-state index is 0.155. The summed E-state index contributed by atoms with van der Waals surface area (Å²) in [6, 6.07) is 11.0. The summed E-state index contributed by atoms with van der Waals surface area (Å²) in [4.78, 5) is 26.2. The summed E-state index contributed by atoms with van der Waals surface area (Å²) in [5.41, 5.74) is 3.91. The fraction of sp³-hybridized carbons (Fsp3) is 0.304. The summed E-state index contributed by atoms with van der Waals surface area (Å²) >= 11 is 3.64. The van der Waals surface area contributed by atoms with Crippen LogP contribution in [0.1, 0.15) is 24.9 Å². The van der Waals surface area contributed by atoms with Gasteiger partial charge < -0.3 is 24.8 Å². The number of ether oxygens (including phenoxy) is 3. The van der Waals surface area contributed by atoms with Crippen LogP contribution in [0.5, 0.6) is 11.5 Å². The van der Waals surface area contributed by atoms with Crippen molar-refractivity contribution in [1.82, 2.24) is 0 Å². The average molecular weight is 485 g/mol. The molecule has 0 spiro atoms. The predicted octanol–water partition coefficient (Wildman–Crippen LogP) is 4.41. The molecule has 2 heterocycles. The summed E-state index contributed by atoms with van der Waals surface area (Å²) in [6.45, 7) is 2.06. The van der Waals surface area contributed by atoms with Gasteiger partial charge in [0.15, 0.2) is 17.3 Å². The van der Waals surface area contributed by atoms with E-state index in [9.17, 15) is 9.59 Å². The number of anilines is 2. The molecule has 2 aromatic rings. The molecule has 0 amide bonds. The second-order valence-corrected chi connectivity index (χ2v) is 8.77. The normalized spacial score (nSPS) is 23.8. The highest BCUT2D eigenvalue weighted by Crippen LogP contribution is 2.47. The van der Waals surface area contributed by atoms with Crippen LogP contribution in [0.4, 0.5) is 11.4 Å². The molecular weight excluding hydrogens is 464 g/mol. The van der Waals surface area contributed by atoms with E-state index >= 15 is 0 Å². The van der Waals surface area contributed by atoms with Crippen LogP contribution in [0.2, 0.25) is 0 Å². The van der Waals surface area contributed by atoms with E-state index in [4.69, 9.17) is 14.2 Å². The van der Waals surface area contributed by atoms with Crippen LogP contribution in [0, 0.1) is 11.8 Å². The monoisotopic (exact) mass is 484 g/mol. The molecular formula is C23H21BrN2O5. The summed E-state index contributed by atoms with van der Waals surface area (Å²) < 4.78 is 16.8. The highest BCUT2D eigenvalue weighted by atomic mass is 79.9. The fourth-order valence-electron chi connectivity index (χ4n) is 4.52. The van der Waals surface area contributed by atoms with Gasteiger partial charge in [-0.2, -0.15) is 0 Å². The Bertz CT molecular complexity index is 1130. The first-order valence-corrected chi connectivity index (χ1v) is 10.8. The lowest BCUT2D eigenvalue weighted by Gasteiger charge is -2.32. The van der Waals surface area contributed by atoms with Crippen LogP contribution < -0.4 is 20.1 Å². The number of ketones is 1. The molecule has 2 aromatic carbocycles.